The summed E-state index contributed by atoms with van der Waals surface area (Å²) in [6, 6.07) is 20.4. The average Bonchev–Trinajstić information content (AvgIpc) is 3.47. The smallest absolute Gasteiger partial charge is 0.416 e. The third-order valence-corrected chi connectivity index (χ3v) is 8.50. The van der Waals surface area contributed by atoms with Crippen LogP contribution in [0.2, 0.25) is 10.0 Å². The van der Waals surface area contributed by atoms with Crippen molar-refractivity contribution in [3.05, 3.63) is 145 Å². The normalized spacial score (nSPS) is 16.9. The minimum Gasteiger partial charge on any atom is -0.494 e. The SMILES string of the molecule is [N-]=[N+]=NCc1ccccc1C[C@]1(C(=O)NNCc2cc(F)cc(C(F)(F)F)c2)N=C(c2ccc(OCCCO)cc2)O[C@H]1c1ccc(Cl)cc1Cl. The van der Waals surface area contributed by atoms with Gasteiger partial charge in [0, 0.05) is 52.1 Å². The van der Waals surface area contributed by atoms with Gasteiger partial charge in [-0.05, 0) is 76.8 Å². The molecule has 16 heteroatoms. The van der Waals surface area contributed by atoms with Gasteiger partial charge >= 0.3 is 6.18 Å². The van der Waals surface area contributed by atoms with Crippen molar-refractivity contribution in [1.29, 1.82) is 0 Å². The quantitative estimate of drug-likeness (QED) is 0.0299. The van der Waals surface area contributed by atoms with Crippen LogP contribution in [0.1, 0.15) is 45.9 Å². The molecule has 51 heavy (non-hydrogen) atoms. The number of benzene rings is 4. The van der Waals surface area contributed by atoms with Crippen molar-refractivity contribution >= 4 is 35.0 Å². The summed E-state index contributed by atoms with van der Waals surface area (Å²) in [4.78, 5) is 22.2. The zero-order valence-corrected chi connectivity index (χ0v) is 28.1. The number of aliphatic hydroxyl groups is 1. The molecule has 3 N–H and O–H groups in total. The fraction of sp³-hybridized carbons (Fsp3) is 0.257. The minimum absolute atomic E-state index is 0.0286. The first-order valence-electron chi connectivity index (χ1n) is 15.5. The maximum atomic E-state index is 14.5. The summed E-state index contributed by atoms with van der Waals surface area (Å²) in [6.07, 6.45) is -5.64. The number of nitrogens with one attached hydrogen (secondary N) is 2. The molecule has 0 radical (unpaired) electrons. The number of rotatable bonds is 14. The molecular weight excluding hydrogens is 715 g/mol. The van der Waals surface area contributed by atoms with Crippen molar-refractivity contribution in [1.82, 2.24) is 10.9 Å². The highest BCUT2D eigenvalue weighted by atomic mass is 35.5. The summed E-state index contributed by atoms with van der Waals surface area (Å²) >= 11 is 12.9. The van der Waals surface area contributed by atoms with Gasteiger partial charge < -0.3 is 14.6 Å². The zero-order valence-electron chi connectivity index (χ0n) is 26.6. The third-order valence-electron chi connectivity index (χ3n) is 7.94. The fourth-order valence-corrected chi connectivity index (χ4v) is 6.01. The van der Waals surface area contributed by atoms with Gasteiger partial charge in [0.15, 0.2) is 11.6 Å². The number of aliphatic imine (C=N–C) groups is 1. The summed E-state index contributed by atoms with van der Waals surface area (Å²) in [5.41, 5.74) is 13.1. The molecule has 10 nitrogen and oxygen atoms in total. The largest absolute Gasteiger partial charge is 0.494 e. The summed E-state index contributed by atoms with van der Waals surface area (Å²) < 4.78 is 66.3. The van der Waals surface area contributed by atoms with E-state index >= 15 is 0 Å². The van der Waals surface area contributed by atoms with E-state index in [2.05, 4.69) is 20.9 Å². The zero-order chi connectivity index (χ0) is 36.6. The Bertz CT molecular complexity index is 1960. The number of amides is 1. The van der Waals surface area contributed by atoms with Crippen LogP contribution in [0.4, 0.5) is 17.6 Å². The summed E-state index contributed by atoms with van der Waals surface area (Å²) in [6.45, 7) is -0.148. The molecule has 1 heterocycles. The summed E-state index contributed by atoms with van der Waals surface area (Å²) in [5, 5.41) is 13.2. The number of azide groups is 1. The number of aliphatic hydroxyl groups excluding tert-OH is 1. The molecule has 266 valence electrons. The van der Waals surface area contributed by atoms with Gasteiger partial charge in [0.25, 0.3) is 5.91 Å². The van der Waals surface area contributed by atoms with Gasteiger partial charge in [0.1, 0.15) is 11.6 Å². The molecule has 4 aromatic rings. The molecule has 0 fully saturated rings. The van der Waals surface area contributed by atoms with E-state index in [-0.39, 0.29) is 42.6 Å². The Hall–Kier alpha value is -4.85. The Morgan fingerprint density at radius 3 is 2.49 bits per heavy atom. The van der Waals surface area contributed by atoms with Crippen LogP contribution in [0.5, 0.6) is 5.75 Å². The summed E-state index contributed by atoms with van der Waals surface area (Å²) in [7, 11) is 0. The molecule has 0 aliphatic carbocycles. The third kappa shape index (κ3) is 9.09. The highest BCUT2D eigenvalue weighted by Gasteiger charge is 2.54. The predicted octanol–water partition coefficient (Wildman–Crippen LogP) is 8.04. The van der Waals surface area contributed by atoms with Gasteiger partial charge in [-0.15, -0.1) is 0 Å². The van der Waals surface area contributed by atoms with Crippen LogP contribution in [0.15, 0.2) is 95.0 Å². The maximum absolute atomic E-state index is 14.5. The Balaban J connectivity index is 1.57. The van der Waals surface area contributed by atoms with Crippen LogP contribution in [-0.4, -0.2) is 35.7 Å². The van der Waals surface area contributed by atoms with Crippen molar-refractivity contribution in [3.63, 3.8) is 0 Å². The molecule has 0 saturated heterocycles. The molecule has 5 rings (SSSR count). The molecule has 0 unspecified atom stereocenters. The Kier molecular flexibility index (Phi) is 12.1. The number of hydrazine groups is 1. The lowest BCUT2D eigenvalue weighted by molar-refractivity contribution is -0.138. The van der Waals surface area contributed by atoms with Gasteiger partial charge in [-0.1, -0.05) is 58.6 Å². The van der Waals surface area contributed by atoms with Gasteiger partial charge in [0.05, 0.1) is 18.7 Å². The molecule has 1 amide bonds. The fourth-order valence-electron chi connectivity index (χ4n) is 5.51. The molecular formula is C35H30Cl2F4N6O4. The van der Waals surface area contributed by atoms with E-state index in [0.717, 1.165) is 12.1 Å². The monoisotopic (exact) mass is 744 g/mol. The molecule has 1 aliphatic rings. The summed E-state index contributed by atoms with van der Waals surface area (Å²) in [5.74, 6) is -1.27. The Morgan fingerprint density at radius 1 is 1.06 bits per heavy atom. The van der Waals surface area contributed by atoms with E-state index in [1.54, 1.807) is 60.7 Å². The van der Waals surface area contributed by atoms with Crippen molar-refractivity contribution in [2.75, 3.05) is 13.2 Å². The number of hydrogen-bond acceptors (Lipinski definition) is 7. The van der Waals surface area contributed by atoms with E-state index in [9.17, 15) is 22.4 Å². The first-order chi connectivity index (χ1) is 24.4. The predicted molar refractivity (Wildman–Crippen MR) is 183 cm³/mol. The topological polar surface area (TPSA) is 141 Å². The lowest BCUT2D eigenvalue weighted by Gasteiger charge is -2.32. The second-order valence-corrected chi connectivity index (χ2v) is 12.3. The van der Waals surface area contributed by atoms with Gasteiger partial charge in [-0.3, -0.25) is 10.2 Å². The van der Waals surface area contributed by atoms with Gasteiger partial charge in [-0.25, -0.2) is 14.8 Å². The van der Waals surface area contributed by atoms with Crippen LogP contribution in [0.3, 0.4) is 0 Å². The van der Waals surface area contributed by atoms with Crippen molar-refractivity contribution in [3.8, 4) is 5.75 Å². The lowest BCUT2D eigenvalue weighted by Crippen LogP contribution is -2.53. The van der Waals surface area contributed by atoms with Crippen molar-refractivity contribution < 1.29 is 36.9 Å². The first-order valence-corrected chi connectivity index (χ1v) is 16.2. The van der Waals surface area contributed by atoms with Crippen molar-refractivity contribution in [2.45, 2.75) is 43.8 Å². The Morgan fingerprint density at radius 2 is 1.80 bits per heavy atom. The standard InChI is InChI=1S/C35H30Cl2F4N6O4/c36-26-8-11-29(30(37)17-26)31-34(18-23-4-1-2-5-24(23)20-44-47-42,45-32(51-31)22-6-9-28(10-7-22)50-13-3-12-48)33(49)46-43-19-21-14-25(35(39,40)41)16-27(38)15-21/h1-2,4-11,14-17,31,43,48H,3,12-13,18-20H2,(H,46,49)/t31-,34-/m0/s1. The number of ether oxygens (including phenoxy) is 2. The molecule has 0 spiro atoms. The van der Waals surface area contributed by atoms with E-state index in [1.165, 1.54) is 6.07 Å². The maximum Gasteiger partial charge on any atom is 0.416 e. The molecule has 4 aromatic carbocycles. The average molecular weight is 746 g/mol. The molecule has 2 atom stereocenters. The van der Waals surface area contributed by atoms with E-state index in [4.69, 9.17) is 48.3 Å². The van der Waals surface area contributed by atoms with E-state index < -0.39 is 35.1 Å². The van der Waals surface area contributed by atoms with Crippen LogP contribution < -0.4 is 15.6 Å². The van der Waals surface area contributed by atoms with Gasteiger partial charge in [-0.2, -0.15) is 13.2 Å². The number of hydrogen-bond donors (Lipinski definition) is 3. The van der Waals surface area contributed by atoms with E-state index in [0.29, 0.717) is 52.1 Å². The first kappa shape index (κ1) is 37.4. The van der Waals surface area contributed by atoms with E-state index in [1.807, 2.05) is 0 Å². The Labute approximate surface area is 299 Å². The number of halogens is 6. The number of alkyl halides is 3. The second kappa shape index (κ2) is 16.4. The van der Waals surface area contributed by atoms with Crippen LogP contribution >= 0.6 is 23.2 Å². The van der Waals surface area contributed by atoms with Crippen molar-refractivity contribution in [2.24, 2.45) is 10.1 Å². The highest BCUT2D eigenvalue weighted by Crippen LogP contribution is 2.45. The lowest BCUT2D eigenvalue weighted by atomic mass is 9.81. The van der Waals surface area contributed by atoms with Crippen LogP contribution in [-0.2, 0) is 35.2 Å². The molecule has 0 saturated carbocycles. The second-order valence-electron chi connectivity index (χ2n) is 11.4. The minimum atomic E-state index is -4.78. The molecule has 1 aliphatic heterocycles. The molecule has 0 bridgehead atoms. The molecule has 0 aromatic heterocycles. The van der Waals surface area contributed by atoms with Crippen LogP contribution in [0, 0.1) is 5.82 Å². The van der Waals surface area contributed by atoms with Crippen LogP contribution in [0.25, 0.3) is 10.4 Å². The highest BCUT2D eigenvalue weighted by molar-refractivity contribution is 6.35. The number of carbonyl (C=O) groups excluding carboxylic acids is 1. The number of carbonyl (C=O) groups is 1. The van der Waals surface area contributed by atoms with Gasteiger partial charge in [0.2, 0.25) is 5.90 Å². The number of nitrogens with zero attached hydrogens (tertiary/aromatic N) is 4.